The number of aromatic nitrogens is 3. The summed E-state index contributed by atoms with van der Waals surface area (Å²) < 4.78 is 74.5. The number of aryl methyl sites for hydroxylation is 1. The maximum Gasteiger partial charge on any atom is 0.407 e. The van der Waals surface area contributed by atoms with Gasteiger partial charge in [-0.25, -0.2) is 0 Å². The van der Waals surface area contributed by atoms with Crippen LogP contribution in [0.3, 0.4) is 0 Å². The molecule has 0 radical (unpaired) electrons. The maximum absolute atomic E-state index is 12.3. The highest BCUT2D eigenvalue weighted by Gasteiger charge is 2.59. The molecule has 0 saturated heterocycles. The van der Waals surface area contributed by atoms with Crippen molar-refractivity contribution in [3.05, 3.63) is 12.2 Å². The SMILES string of the molecule is CCn1cnnc1C(C(F)(F)F)C(F)(F)F. The van der Waals surface area contributed by atoms with Crippen molar-refractivity contribution in [1.82, 2.24) is 14.8 Å². The summed E-state index contributed by atoms with van der Waals surface area (Å²) in [6.45, 7) is 1.33. The van der Waals surface area contributed by atoms with Crippen LogP contribution >= 0.6 is 0 Å². The van der Waals surface area contributed by atoms with Crippen LogP contribution in [0.15, 0.2) is 6.33 Å². The molecule has 0 atom stereocenters. The molecular formula is C7H7F6N3. The van der Waals surface area contributed by atoms with Gasteiger partial charge in [-0.2, -0.15) is 26.3 Å². The van der Waals surface area contributed by atoms with Crippen molar-refractivity contribution >= 4 is 0 Å². The summed E-state index contributed by atoms with van der Waals surface area (Å²) in [5.74, 6) is -4.73. The molecule has 9 heteroatoms. The fraction of sp³-hybridized carbons (Fsp3) is 0.714. The lowest BCUT2D eigenvalue weighted by atomic mass is 10.1. The highest BCUT2D eigenvalue weighted by Crippen LogP contribution is 2.45. The third-order valence-corrected chi connectivity index (χ3v) is 1.90. The maximum atomic E-state index is 12.3. The smallest absolute Gasteiger partial charge is 0.317 e. The first-order chi connectivity index (χ1) is 7.18. The quantitative estimate of drug-likeness (QED) is 0.752. The first kappa shape index (κ1) is 12.8. The van der Waals surface area contributed by atoms with Crippen LogP contribution in [-0.2, 0) is 6.54 Å². The third kappa shape index (κ3) is 2.45. The van der Waals surface area contributed by atoms with Crippen molar-refractivity contribution in [1.29, 1.82) is 0 Å². The van der Waals surface area contributed by atoms with Gasteiger partial charge in [-0.1, -0.05) is 0 Å². The van der Waals surface area contributed by atoms with E-state index in [-0.39, 0.29) is 6.54 Å². The average Bonchev–Trinajstić information content (AvgIpc) is 2.46. The fourth-order valence-corrected chi connectivity index (χ4v) is 1.21. The lowest BCUT2D eigenvalue weighted by Gasteiger charge is -2.22. The van der Waals surface area contributed by atoms with E-state index in [1.54, 1.807) is 0 Å². The van der Waals surface area contributed by atoms with Crippen molar-refractivity contribution in [2.75, 3.05) is 0 Å². The van der Waals surface area contributed by atoms with Gasteiger partial charge in [0.2, 0.25) is 5.92 Å². The second-order valence-electron chi connectivity index (χ2n) is 2.99. The highest BCUT2D eigenvalue weighted by molar-refractivity contribution is 5.04. The minimum absolute atomic E-state index is 0.0645. The number of rotatable bonds is 2. The van der Waals surface area contributed by atoms with Gasteiger partial charge < -0.3 is 4.57 Å². The highest BCUT2D eigenvalue weighted by atomic mass is 19.4. The summed E-state index contributed by atoms with van der Waals surface area (Å²) in [6, 6.07) is 0. The van der Waals surface area contributed by atoms with Crippen LogP contribution < -0.4 is 0 Å². The van der Waals surface area contributed by atoms with Crippen LogP contribution in [0.2, 0.25) is 0 Å². The van der Waals surface area contributed by atoms with Crippen LogP contribution in [0.4, 0.5) is 26.3 Å². The van der Waals surface area contributed by atoms with Gasteiger partial charge in [0.05, 0.1) is 0 Å². The first-order valence-corrected chi connectivity index (χ1v) is 4.19. The summed E-state index contributed by atoms with van der Waals surface area (Å²) >= 11 is 0. The summed E-state index contributed by atoms with van der Waals surface area (Å²) in [5, 5.41) is 5.95. The predicted octanol–water partition coefficient (Wildman–Crippen LogP) is 2.51. The Morgan fingerprint density at radius 1 is 1.19 bits per heavy atom. The van der Waals surface area contributed by atoms with E-state index in [1.165, 1.54) is 6.92 Å². The zero-order chi connectivity index (χ0) is 12.6. The Labute approximate surface area is 86.1 Å². The van der Waals surface area contributed by atoms with Gasteiger partial charge in [0.15, 0.2) is 5.82 Å². The number of alkyl halides is 6. The molecule has 16 heavy (non-hydrogen) atoms. The Morgan fingerprint density at radius 2 is 1.69 bits per heavy atom. The van der Waals surface area contributed by atoms with E-state index in [2.05, 4.69) is 10.2 Å². The molecule has 1 heterocycles. The molecule has 92 valence electrons. The van der Waals surface area contributed by atoms with Crippen molar-refractivity contribution in [2.24, 2.45) is 0 Å². The molecule has 0 amide bonds. The average molecular weight is 247 g/mol. The molecule has 3 nitrogen and oxygen atoms in total. The standard InChI is InChI=1S/C7H7F6N3/c1-2-16-3-14-15-5(16)4(6(8,9)10)7(11,12)13/h3-4H,2H2,1H3. The Hall–Kier alpha value is -1.28. The summed E-state index contributed by atoms with van der Waals surface area (Å²) in [7, 11) is 0. The molecule has 1 rings (SSSR count). The molecule has 0 unspecified atom stereocenters. The van der Waals surface area contributed by atoms with Crippen LogP contribution in [0.5, 0.6) is 0 Å². The van der Waals surface area contributed by atoms with Crippen LogP contribution in [0.25, 0.3) is 0 Å². The Bertz CT molecular complexity index is 338. The molecule has 1 aromatic heterocycles. The Morgan fingerprint density at radius 3 is 2.06 bits per heavy atom. The van der Waals surface area contributed by atoms with Crippen molar-refractivity contribution in [3.63, 3.8) is 0 Å². The van der Waals surface area contributed by atoms with Crippen molar-refractivity contribution < 1.29 is 26.3 Å². The largest absolute Gasteiger partial charge is 0.407 e. The van der Waals surface area contributed by atoms with Gasteiger partial charge in [-0.15, -0.1) is 10.2 Å². The van der Waals surface area contributed by atoms with Gasteiger partial charge >= 0.3 is 12.4 Å². The molecule has 0 fully saturated rings. The molecule has 0 aromatic carbocycles. The Balaban J connectivity index is 3.23. The molecule has 0 aliphatic rings. The first-order valence-electron chi connectivity index (χ1n) is 4.19. The molecule has 0 aliphatic heterocycles. The van der Waals surface area contributed by atoms with Crippen molar-refractivity contribution in [2.45, 2.75) is 31.7 Å². The van der Waals surface area contributed by atoms with Gasteiger partial charge in [-0.05, 0) is 6.92 Å². The molecular weight excluding hydrogens is 240 g/mol. The third-order valence-electron chi connectivity index (χ3n) is 1.90. The van der Waals surface area contributed by atoms with Crippen LogP contribution in [0.1, 0.15) is 18.7 Å². The zero-order valence-electron chi connectivity index (χ0n) is 7.97. The normalized spacial score (nSPS) is 13.5. The zero-order valence-corrected chi connectivity index (χ0v) is 7.97. The second-order valence-corrected chi connectivity index (χ2v) is 2.99. The topological polar surface area (TPSA) is 30.7 Å². The second kappa shape index (κ2) is 3.95. The summed E-state index contributed by atoms with van der Waals surface area (Å²) in [6.07, 6.45) is -10.0. The van der Waals surface area contributed by atoms with E-state index < -0.39 is 24.1 Å². The summed E-state index contributed by atoms with van der Waals surface area (Å²) in [5.41, 5.74) is 0. The van der Waals surface area contributed by atoms with E-state index in [0.717, 1.165) is 6.33 Å². The van der Waals surface area contributed by atoms with Gasteiger partial charge in [-0.3, -0.25) is 0 Å². The molecule has 0 spiro atoms. The number of nitrogens with zero attached hydrogens (tertiary/aromatic N) is 3. The molecule has 0 N–H and O–H groups in total. The number of halogens is 6. The minimum atomic E-state index is -5.43. The van der Waals surface area contributed by atoms with Crippen LogP contribution in [0, 0.1) is 0 Å². The Kier molecular flexibility index (Phi) is 3.15. The monoisotopic (exact) mass is 247 g/mol. The van der Waals surface area contributed by atoms with E-state index in [4.69, 9.17) is 0 Å². The number of hydrogen-bond acceptors (Lipinski definition) is 2. The van der Waals surface area contributed by atoms with Gasteiger partial charge in [0.1, 0.15) is 6.33 Å². The van der Waals surface area contributed by atoms with Gasteiger partial charge in [0.25, 0.3) is 0 Å². The molecule has 0 aliphatic carbocycles. The fourth-order valence-electron chi connectivity index (χ4n) is 1.21. The van der Waals surface area contributed by atoms with E-state index >= 15 is 0 Å². The summed E-state index contributed by atoms with van der Waals surface area (Å²) in [4.78, 5) is 0. The van der Waals surface area contributed by atoms with E-state index in [0.29, 0.717) is 4.57 Å². The van der Waals surface area contributed by atoms with Crippen molar-refractivity contribution in [3.8, 4) is 0 Å². The predicted molar refractivity (Wildman–Crippen MR) is 40.5 cm³/mol. The van der Waals surface area contributed by atoms with E-state index in [9.17, 15) is 26.3 Å². The molecule has 1 aromatic rings. The van der Waals surface area contributed by atoms with Gasteiger partial charge in [0, 0.05) is 6.54 Å². The lowest BCUT2D eigenvalue weighted by molar-refractivity contribution is -0.256. The number of hydrogen-bond donors (Lipinski definition) is 0. The molecule has 0 saturated carbocycles. The molecule has 0 bridgehead atoms. The minimum Gasteiger partial charge on any atom is -0.317 e. The lowest BCUT2D eigenvalue weighted by Crippen LogP contribution is -2.36. The van der Waals surface area contributed by atoms with Crippen LogP contribution in [-0.4, -0.2) is 27.1 Å². The van der Waals surface area contributed by atoms with E-state index in [1.807, 2.05) is 0 Å².